The molecule has 0 bridgehead atoms. The van der Waals surface area contributed by atoms with Gasteiger partial charge in [-0.25, -0.2) is 0 Å². The molecule has 0 unspecified atom stereocenters. The van der Waals surface area contributed by atoms with E-state index in [4.69, 9.17) is 4.74 Å². The number of methoxy groups -OCH3 is 1. The van der Waals surface area contributed by atoms with Gasteiger partial charge in [-0.2, -0.15) is 0 Å². The molecule has 0 aliphatic rings. The lowest BCUT2D eigenvalue weighted by atomic mass is 10.3. The topological polar surface area (TPSA) is 42.4 Å². The maximum Gasteiger partial charge on any atom is 0.223 e. The molecule has 0 saturated heterocycles. The summed E-state index contributed by atoms with van der Waals surface area (Å²) in [5.41, 5.74) is 0.727. The Hall–Kier alpha value is -1.58. The molecule has 70 valence electrons. The second-order valence-corrected chi connectivity index (χ2v) is 2.63. The number of anilines is 1. The number of rotatable bonds is 2. The van der Waals surface area contributed by atoms with Crippen LogP contribution in [0.1, 0.15) is 6.92 Å². The molecule has 1 aromatic rings. The summed E-state index contributed by atoms with van der Waals surface area (Å²) in [5, 5.41) is 0. The van der Waals surface area contributed by atoms with Crippen molar-refractivity contribution in [3.8, 4) is 5.75 Å². The standard InChI is InChI=1S/C9H12N2O2/c1-7(12)11(2)8-4-5-10-6-9(8)13-3/h4-6H,1-3H3. The van der Waals surface area contributed by atoms with Crippen LogP contribution in [-0.4, -0.2) is 25.0 Å². The molecule has 0 fully saturated rings. The van der Waals surface area contributed by atoms with E-state index in [0.717, 1.165) is 5.69 Å². The van der Waals surface area contributed by atoms with Crippen LogP contribution in [-0.2, 0) is 4.79 Å². The summed E-state index contributed by atoms with van der Waals surface area (Å²) in [6.07, 6.45) is 3.20. The van der Waals surface area contributed by atoms with Crippen LogP contribution in [0.25, 0.3) is 0 Å². The van der Waals surface area contributed by atoms with Crippen LogP contribution in [0.4, 0.5) is 5.69 Å². The minimum Gasteiger partial charge on any atom is -0.493 e. The maximum absolute atomic E-state index is 11.1. The van der Waals surface area contributed by atoms with E-state index < -0.39 is 0 Å². The second kappa shape index (κ2) is 3.89. The summed E-state index contributed by atoms with van der Waals surface area (Å²) in [6.45, 7) is 1.50. The van der Waals surface area contributed by atoms with Crippen molar-refractivity contribution in [2.45, 2.75) is 6.92 Å². The van der Waals surface area contributed by atoms with Crippen LogP contribution in [0.3, 0.4) is 0 Å². The average Bonchev–Trinajstić information content (AvgIpc) is 2.16. The summed E-state index contributed by atoms with van der Waals surface area (Å²) in [4.78, 5) is 16.5. The van der Waals surface area contributed by atoms with E-state index in [0.29, 0.717) is 5.75 Å². The van der Waals surface area contributed by atoms with Crippen molar-refractivity contribution < 1.29 is 9.53 Å². The summed E-state index contributed by atoms with van der Waals surface area (Å²) in [7, 11) is 3.24. The zero-order valence-corrected chi connectivity index (χ0v) is 7.94. The lowest BCUT2D eigenvalue weighted by molar-refractivity contribution is -0.116. The van der Waals surface area contributed by atoms with E-state index >= 15 is 0 Å². The molecule has 0 N–H and O–H groups in total. The van der Waals surface area contributed by atoms with Crippen molar-refractivity contribution in [1.82, 2.24) is 4.98 Å². The lowest BCUT2D eigenvalue weighted by Crippen LogP contribution is -2.23. The minimum atomic E-state index is -0.0375. The Balaban J connectivity index is 3.05. The maximum atomic E-state index is 11.1. The Bertz CT molecular complexity index is 312. The highest BCUT2D eigenvalue weighted by Gasteiger charge is 2.10. The predicted molar refractivity (Wildman–Crippen MR) is 49.9 cm³/mol. The minimum absolute atomic E-state index is 0.0375. The van der Waals surface area contributed by atoms with Crippen LogP contribution < -0.4 is 9.64 Å². The van der Waals surface area contributed by atoms with Crippen molar-refractivity contribution in [3.63, 3.8) is 0 Å². The molecule has 0 spiro atoms. The molecule has 1 rings (SSSR count). The normalized spacial score (nSPS) is 9.46. The fourth-order valence-corrected chi connectivity index (χ4v) is 0.977. The molecular formula is C9H12N2O2. The third-order valence-electron chi connectivity index (χ3n) is 1.82. The largest absolute Gasteiger partial charge is 0.493 e. The Morgan fingerprint density at radius 1 is 1.62 bits per heavy atom. The van der Waals surface area contributed by atoms with Gasteiger partial charge in [0.1, 0.15) is 0 Å². The van der Waals surface area contributed by atoms with Gasteiger partial charge < -0.3 is 9.64 Å². The van der Waals surface area contributed by atoms with Crippen molar-refractivity contribution >= 4 is 11.6 Å². The molecule has 0 radical (unpaired) electrons. The van der Waals surface area contributed by atoms with Crippen LogP contribution in [0.15, 0.2) is 18.5 Å². The third-order valence-corrected chi connectivity index (χ3v) is 1.82. The van der Waals surface area contributed by atoms with Gasteiger partial charge in [-0.15, -0.1) is 0 Å². The lowest BCUT2D eigenvalue weighted by Gasteiger charge is -2.17. The average molecular weight is 180 g/mol. The Morgan fingerprint density at radius 2 is 2.31 bits per heavy atom. The number of nitrogens with zero attached hydrogens (tertiary/aromatic N) is 2. The van der Waals surface area contributed by atoms with Crippen LogP contribution in [0.2, 0.25) is 0 Å². The first kappa shape index (κ1) is 9.51. The molecule has 13 heavy (non-hydrogen) atoms. The Labute approximate surface area is 77.1 Å². The van der Waals surface area contributed by atoms with E-state index in [9.17, 15) is 4.79 Å². The van der Waals surface area contributed by atoms with Crippen molar-refractivity contribution in [2.24, 2.45) is 0 Å². The van der Waals surface area contributed by atoms with Crippen molar-refractivity contribution in [3.05, 3.63) is 18.5 Å². The van der Waals surface area contributed by atoms with Crippen LogP contribution in [0.5, 0.6) is 5.75 Å². The molecule has 4 heteroatoms. The van der Waals surface area contributed by atoms with Gasteiger partial charge in [0.25, 0.3) is 0 Å². The highest BCUT2D eigenvalue weighted by Crippen LogP contribution is 2.25. The van der Waals surface area contributed by atoms with Crippen molar-refractivity contribution in [2.75, 3.05) is 19.1 Å². The summed E-state index contributed by atoms with van der Waals surface area (Å²) in [6, 6.07) is 1.74. The van der Waals surface area contributed by atoms with Crippen molar-refractivity contribution in [1.29, 1.82) is 0 Å². The number of aromatic nitrogens is 1. The van der Waals surface area contributed by atoms with Gasteiger partial charge in [-0.3, -0.25) is 9.78 Å². The second-order valence-electron chi connectivity index (χ2n) is 2.63. The van der Waals surface area contributed by atoms with Crippen LogP contribution in [0, 0.1) is 0 Å². The molecule has 1 amide bonds. The summed E-state index contributed by atoms with van der Waals surface area (Å²) < 4.78 is 5.06. The van der Waals surface area contributed by atoms with Gasteiger partial charge in [0, 0.05) is 20.2 Å². The molecule has 0 aliphatic heterocycles. The summed E-state index contributed by atoms with van der Waals surface area (Å²) >= 11 is 0. The predicted octanol–water partition coefficient (Wildman–Crippen LogP) is 1.07. The number of carbonyl (C=O) groups excluding carboxylic acids is 1. The number of amides is 1. The van der Waals surface area contributed by atoms with Crippen LogP contribution >= 0.6 is 0 Å². The number of hydrogen-bond donors (Lipinski definition) is 0. The highest BCUT2D eigenvalue weighted by atomic mass is 16.5. The zero-order valence-electron chi connectivity index (χ0n) is 7.94. The summed E-state index contributed by atoms with van der Waals surface area (Å²) in [5.74, 6) is 0.560. The Kier molecular flexibility index (Phi) is 2.84. The first-order valence-electron chi connectivity index (χ1n) is 3.89. The fraction of sp³-hybridized carbons (Fsp3) is 0.333. The van der Waals surface area contributed by atoms with Gasteiger partial charge in [0.2, 0.25) is 5.91 Å². The van der Waals surface area contributed by atoms with Gasteiger partial charge >= 0.3 is 0 Å². The quantitative estimate of drug-likeness (QED) is 0.683. The molecule has 0 aromatic carbocycles. The third kappa shape index (κ3) is 1.96. The number of carbonyl (C=O) groups is 1. The van der Waals surface area contributed by atoms with E-state index in [1.54, 1.807) is 32.6 Å². The van der Waals surface area contributed by atoms with Gasteiger partial charge in [-0.05, 0) is 6.07 Å². The zero-order chi connectivity index (χ0) is 9.84. The van der Waals surface area contributed by atoms with Gasteiger partial charge in [0.05, 0.1) is 19.0 Å². The smallest absolute Gasteiger partial charge is 0.223 e. The van der Waals surface area contributed by atoms with Gasteiger partial charge in [0.15, 0.2) is 5.75 Å². The van der Waals surface area contributed by atoms with E-state index in [1.807, 2.05) is 0 Å². The number of ether oxygens (including phenoxy) is 1. The SMILES string of the molecule is COc1cnccc1N(C)C(C)=O. The monoisotopic (exact) mass is 180 g/mol. The molecule has 0 atom stereocenters. The van der Waals surface area contributed by atoms with E-state index in [1.165, 1.54) is 11.8 Å². The van der Waals surface area contributed by atoms with E-state index in [-0.39, 0.29) is 5.91 Å². The van der Waals surface area contributed by atoms with E-state index in [2.05, 4.69) is 4.98 Å². The van der Waals surface area contributed by atoms with Gasteiger partial charge in [-0.1, -0.05) is 0 Å². The molecule has 4 nitrogen and oxygen atoms in total. The molecule has 0 aliphatic carbocycles. The molecule has 1 heterocycles. The fourth-order valence-electron chi connectivity index (χ4n) is 0.977. The number of hydrogen-bond acceptors (Lipinski definition) is 3. The highest BCUT2D eigenvalue weighted by molar-refractivity contribution is 5.92. The molecule has 1 aromatic heterocycles. The Morgan fingerprint density at radius 3 is 2.85 bits per heavy atom. The first-order valence-corrected chi connectivity index (χ1v) is 3.89. The number of pyridine rings is 1. The molecular weight excluding hydrogens is 168 g/mol. The molecule has 0 saturated carbocycles. The first-order chi connectivity index (χ1) is 6.16.